The second-order valence-electron chi connectivity index (χ2n) is 4.89. The minimum Gasteiger partial charge on any atom is -0.304 e. The predicted octanol–water partition coefficient (Wildman–Crippen LogP) is 2.85. The highest BCUT2D eigenvalue weighted by Gasteiger charge is 2.30. The molecule has 1 fully saturated rings. The van der Waals surface area contributed by atoms with Gasteiger partial charge in [-0.1, -0.05) is 47.7 Å². The van der Waals surface area contributed by atoms with Gasteiger partial charge in [0.05, 0.1) is 5.25 Å². The number of aromatic nitrogens is 1. The Labute approximate surface area is 127 Å². The Balaban J connectivity index is 1.72. The van der Waals surface area contributed by atoms with Crippen LogP contribution >= 0.6 is 11.8 Å². The zero-order valence-corrected chi connectivity index (χ0v) is 12.4. The highest BCUT2D eigenvalue weighted by molar-refractivity contribution is 8.15. The second kappa shape index (κ2) is 6.10. The summed E-state index contributed by atoms with van der Waals surface area (Å²) in [7, 11) is 0. The van der Waals surface area contributed by atoms with E-state index in [0.717, 1.165) is 0 Å². The molecule has 1 aliphatic rings. The van der Waals surface area contributed by atoms with Crippen LogP contribution in [0.4, 0.5) is 5.82 Å². The summed E-state index contributed by atoms with van der Waals surface area (Å²) >= 11 is 1.46. The Morgan fingerprint density at radius 1 is 1.29 bits per heavy atom. The quantitative estimate of drug-likeness (QED) is 0.948. The molecule has 106 valence electrons. The summed E-state index contributed by atoms with van der Waals surface area (Å²) in [5.74, 6) is 0.618. The third-order valence-corrected chi connectivity index (χ3v) is 4.23. The number of aryl methyl sites for hydroxylation is 1. The first-order valence-electron chi connectivity index (χ1n) is 6.73. The van der Waals surface area contributed by atoms with E-state index in [0.29, 0.717) is 17.4 Å². The summed E-state index contributed by atoms with van der Waals surface area (Å²) in [6.45, 7) is 2.05. The molecular formula is C16H15N3OS. The average Bonchev–Trinajstić information content (AvgIpc) is 2.80. The SMILES string of the molecule is Cc1cccc(C[C@H]2SC(=Nc3ccccn3)NC2=O)c1. The molecule has 0 bridgehead atoms. The van der Waals surface area contributed by atoms with Crippen LogP contribution in [0, 0.1) is 6.92 Å². The molecule has 0 spiro atoms. The largest absolute Gasteiger partial charge is 0.304 e. The van der Waals surface area contributed by atoms with Gasteiger partial charge < -0.3 is 5.32 Å². The molecule has 0 radical (unpaired) electrons. The smallest absolute Gasteiger partial charge is 0.239 e. The highest BCUT2D eigenvalue weighted by Crippen LogP contribution is 2.25. The van der Waals surface area contributed by atoms with E-state index in [-0.39, 0.29) is 11.2 Å². The second-order valence-corrected chi connectivity index (χ2v) is 6.09. The first-order chi connectivity index (χ1) is 10.2. The maximum absolute atomic E-state index is 12.0. The van der Waals surface area contributed by atoms with Crippen LogP contribution in [0.3, 0.4) is 0 Å². The lowest BCUT2D eigenvalue weighted by Gasteiger charge is -2.05. The summed E-state index contributed by atoms with van der Waals surface area (Å²) in [5, 5.41) is 3.31. The number of thioether (sulfide) groups is 1. The third-order valence-electron chi connectivity index (χ3n) is 3.15. The number of amides is 1. The van der Waals surface area contributed by atoms with Crippen LogP contribution in [-0.2, 0) is 11.2 Å². The molecule has 1 aromatic carbocycles. The van der Waals surface area contributed by atoms with E-state index >= 15 is 0 Å². The van der Waals surface area contributed by atoms with Crippen molar-refractivity contribution in [2.75, 3.05) is 0 Å². The Kier molecular flexibility index (Phi) is 4.01. The number of aliphatic imine (C=N–C) groups is 1. The van der Waals surface area contributed by atoms with Gasteiger partial charge in [-0.25, -0.2) is 9.98 Å². The number of hydrogen-bond acceptors (Lipinski definition) is 4. The van der Waals surface area contributed by atoms with Crippen LogP contribution in [0.1, 0.15) is 11.1 Å². The van der Waals surface area contributed by atoms with E-state index in [1.165, 1.54) is 22.9 Å². The molecule has 0 aliphatic carbocycles. The Bertz CT molecular complexity index is 685. The number of amidine groups is 1. The lowest BCUT2D eigenvalue weighted by molar-refractivity contribution is -0.118. The van der Waals surface area contributed by atoms with Crippen LogP contribution in [-0.4, -0.2) is 21.3 Å². The van der Waals surface area contributed by atoms with E-state index in [2.05, 4.69) is 40.4 Å². The van der Waals surface area contributed by atoms with Gasteiger partial charge in [-0.15, -0.1) is 0 Å². The fraction of sp³-hybridized carbons (Fsp3) is 0.188. The normalized spacial score (nSPS) is 19.8. The van der Waals surface area contributed by atoms with Gasteiger partial charge in [-0.05, 0) is 31.0 Å². The van der Waals surface area contributed by atoms with Crippen molar-refractivity contribution in [3.63, 3.8) is 0 Å². The Morgan fingerprint density at radius 2 is 2.19 bits per heavy atom. The lowest BCUT2D eigenvalue weighted by atomic mass is 10.1. The lowest BCUT2D eigenvalue weighted by Crippen LogP contribution is -2.26. The highest BCUT2D eigenvalue weighted by atomic mass is 32.2. The molecular weight excluding hydrogens is 282 g/mol. The van der Waals surface area contributed by atoms with Crippen molar-refractivity contribution < 1.29 is 4.79 Å². The molecule has 0 saturated carbocycles. The summed E-state index contributed by atoms with van der Waals surface area (Å²) in [6, 6.07) is 13.8. The maximum atomic E-state index is 12.0. The molecule has 4 nitrogen and oxygen atoms in total. The fourth-order valence-corrected chi connectivity index (χ4v) is 3.19. The van der Waals surface area contributed by atoms with Gasteiger partial charge in [0.15, 0.2) is 11.0 Å². The molecule has 1 aromatic heterocycles. The number of benzene rings is 1. The zero-order chi connectivity index (χ0) is 14.7. The van der Waals surface area contributed by atoms with Crippen molar-refractivity contribution in [2.24, 2.45) is 4.99 Å². The third kappa shape index (κ3) is 3.49. The number of hydrogen-bond donors (Lipinski definition) is 1. The molecule has 5 heteroatoms. The average molecular weight is 297 g/mol. The number of carbonyl (C=O) groups is 1. The van der Waals surface area contributed by atoms with E-state index in [1.807, 2.05) is 24.3 Å². The fourth-order valence-electron chi connectivity index (χ4n) is 2.17. The summed E-state index contributed by atoms with van der Waals surface area (Å²) < 4.78 is 0. The van der Waals surface area contributed by atoms with Crippen molar-refractivity contribution in [1.82, 2.24) is 10.3 Å². The summed E-state index contributed by atoms with van der Waals surface area (Å²) in [5.41, 5.74) is 2.38. The molecule has 3 rings (SSSR count). The molecule has 1 atom stereocenters. The van der Waals surface area contributed by atoms with Crippen molar-refractivity contribution in [1.29, 1.82) is 0 Å². The van der Waals surface area contributed by atoms with Crippen molar-refractivity contribution in [3.05, 3.63) is 59.8 Å². The number of carbonyl (C=O) groups excluding carboxylic acids is 1. The summed E-state index contributed by atoms with van der Waals surface area (Å²) in [6.07, 6.45) is 2.39. The number of pyridine rings is 1. The van der Waals surface area contributed by atoms with Crippen LogP contribution in [0.15, 0.2) is 53.7 Å². The number of nitrogens with one attached hydrogen (secondary N) is 1. The first kappa shape index (κ1) is 13.8. The van der Waals surface area contributed by atoms with E-state index in [9.17, 15) is 4.79 Å². The van der Waals surface area contributed by atoms with Crippen LogP contribution in [0.5, 0.6) is 0 Å². The zero-order valence-electron chi connectivity index (χ0n) is 11.6. The number of rotatable bonds is 3. The van der Waals surface area contributed by atoms with Crippen molar-refractivity contribution >= 4 is 28.7 Å². The van der Waals surface area contributed by atoms with Crippen LogP contribution in [0.25, 0.3) is 0 Å². The summed E-state index contributed by atoms with van der Waals surface area (Å²) in [4.78, 5) is 20.5. The molecule has 2 heterocycles. The van der Waals surface area contributed by atoms with Crippen LogP contribution in [0.2, 0.25) is 0 Å². The molecule has 2 aromatic rings. The molecule has 1 amide bonds. The van der Waals surface area contributed by atoms with Gasteiger partial charge >= 0.3 is 0 Å². The van der Waals surface area contributed by atoms with Gasteiger partial charge in [0, 0.05) is 6.20 Å². The Morgan fingerprint density at radius 3 is 2.95 bits per heavy atom. The maximum Gasteiger partial charge on any atom is 0.239 e. The van der Waals surface area contributed by atoms with E-state index < -0.39 is 0 Å². The van der Waals surface area contributed by atoms with Gasteiger partial charge in [-0.2, -0.15) is 0 Å². The number of nitrogens with zero attached hydrogens (tertiary/aromatic N) is 2. The molecule has 1 N–H and O–H groups in total. The minimum absolute atomic E-state index is 0.0104. The standard InChI is InChI=1S/C16H15N3OS/c1-11-5-4-6-12(9-11)10-13-15(20)19-16(21-13)18-14-7-2-3-8-17-14/h2-9,13H,10H2,1H3,(H,17,18,19,20)/t13-/m1/s1. The molecule has 1 saturated heterocycles. The molecule has 21 heavy (non-hydrogen) atoms. The van der Waals surface area contributed by atoms with Gasteiger partial charge in [0.2, 0.25) is 5.91 Å². The molecule has 1 aliphatic heterocycles. The van der Waals surface area contributed by atoms with Gasteiger partial charge in [0.25, 0.3) is 0 Å². The van der Waals surface area contributed by atoms with E-state index in [4.69, 9.17) is 0 Å². The van der Waals surface area contributed by atoms with E-state index in [1.54, 1.807) is 6.20 Å². The Hall–Kier alpha value is -2.14. The predicted molar refractivity (Wildman–Crippen MR) is 85.7 cm³/mol. The van der Waals surface area contributed by atoms with Crippen LogP contribution < -0.4 is 5.32 Å². The monoisotopic (exact) mass is 297 g/mol. The molecule has 0 unspecified atom stereocenters. The van der Waals surface area contributed by atoms with Crippen molar-refractivity contribution in [3.8, 4) is 0 Å². The van der Waals surface area contributed by atoms with Crippen molar-refractivity contribution in [2.45, 2.75) is 18.6 Å². The minimum atomic E-state index is -0.130. The topological polar surface area (TPSA) is 54.4 Å². The van der Waals surface area contributed by atoms with Gasteiger partial charge in [-0.3, -0.25) is 4.79 Å². The van der Waals surface area contributed by atoms with Gasteiger partial charge in [0.1, 0.15) is 0 Å². The first-order valence-corrected chi connectivity index (χ1v) is 7.61.